The maximum absolute atomic E-state index is 10.1. The number of amides is 1. The van der Waals surface area contributed by atoms with E-state index in [2.05, 4.69) is 15.8 Å². The Hall–Kier alpha value is -0.900. The number of nitrogens with one attached hydrogen (secondary N) is 2. The summed E-state index contributed by atoms with van der Waals surface area (Å²) in [6.45, 7) is 0.478. The Balaban J connectivity index is 2.51. The number of hydrogen-bond acceptors (Lipinski definition) is 3. The zero-order valence-electron chi connectivity index (χ0n) is 3.64. The molecular formula is C3H5N3O. The number of carbonyl (C=O) groups is 1. The number of carbonyl (C=O) groups excluding carboxylic acids is 1. The number of hydrogen-bond donors (Lipinski definition) is 2. The molecule has 1 amide bonds. The van der Waals surface area contributed by atoms with E-state index in [1.165, 1.54) is 6.21 Å². The van der Waals surface area contributed by atoms with Gasteiger partial charge in [0.15, 0.2) is 0 Å². The van der Waals surface area contributed by atoms with Gasteiger partial charge >= 0.3 is 0 Å². The molecule has 0 fully saturated rings. The molecule has 0 radical (unpaired) electrons. The average Bonchev–Trinajstić information content (AvgIpc) is 1.69. The minimum absolute atomic E-state index is 0.189. The van der Waals surface area contributed by atoms with Crippen molar-refractivity contribution < 1.29 is 4.79 Å². The van der Waals surface area contributed by atoms with Gasteiger partial charge in [-0.2, -0.15) is 0 Å². The lowest BCUT2D eigenvalue weighted by Crippen LogP contribution is -2.41. The van der Waals surface area contributed by atoms with E-state index in [9.17, 15) is 4.79 Å². The third kappa shape index (κ3) is 0.972. The fourth-order valence-corrected chi connectivity index (χ4v) is 0.333. The summed E-state index contributed by atoms with van der Waals surface area (Å²) >= 11 is 0. The largest absolute Gasteiger partial charge is 0.285 e. The zero-order valence-corrected chi connectivity index (χ0v) is 3.64. The number of aliphatic imine (C=N–C) groups is 1. The standard InChI is InChI=1S/C3H5N3O/c7-3-1-4-2-5-6-3/h1,5H,2H2,(H,6,7). The highest BCUT2D eigenvalue weighted by Crippen LogP contribution is 1.66. The van der Waals surface area contributed by atoms with E-state index < -0.39 is 0 Å². The second-order valence-corrected chi connectivity index (χ2v) is 1.14. The van der Waals surface area contributed by atoms with Crippen molar-refractivity contribution in [3.8, 4) is 0 Å². The molecule has 0 spiro atoms. The molecule has 0 unspecified atom stereocenters. The molecule has 4 nitrogen and oxygen atoms in total. The molecule has 2 N–H and O–H groups in total. The van der Waals surface area contributed by atoms with E-state index in [0.717, 1.165) is 0 Å². The fraction of sp³-hybridized carbons (Fsp3) is 0.333. The Morgan fingerprint density at radius 1 is 1.86 bits per heavy atom. The highest BCUT2D eigenvalue weighted by Gasteiger charge is 1.95. The van der Waals surface area contributed by atoms with Crippen molar-refractivity contribution >= 4 is 12.1 Å². The Kier molecular flexibility index (Phi) is 1.04. The normalized spacial score (nSPS) is 19.1. The summed E-state index contributed by atoms with van der Waals surface area (Å²) < 4.78 is 0. The summed E-state index contributed by atoms with van der Waals surface area (Å²) in [7, 11) is 0. The number of rotatable bonds is 0. The molecule has 0 aromatic heterocycles. The molecule has 0 aromatic carbocycles. The van der Waals surface area contributed by atoms with Crippen molar-refractivity contribution in [3.63, 3.8) is 0 Å². The topological polar surface area (TPSA) is 53.5 Å². The lowest BCUT2D eigenvalue weighted by atomic mass is 10.7. The molecule has 0 saturated heterocycles. The van der Waals surface area contributed by atoms with Crippen molar-refractivity contribution in [1.29, 1.82) is 0 Å². The van der Waals surface area contributed by atoms with Gasteiger partial charge in [-0.05, 0) is 0 Å². The van der Waals surface area contributed by atoms with Gasteiger partial charge in [-0.15, -0.1) is 0 Å². The lowest BCUT2D eigenvalue weighted by molar-refractivity contribution is -0.115. The van der Waals surface area contributed by atoms with Gasteiger partial charge in [0.05, 0.1) is 6.21 Å². The number of hydrazine groups is 1. The van der Waals surface area contributed by atoms with Gasteiger partial charge in [-0.1, -0.05) is 0 Å². The Morgan fingerprint density at radius 2 is 2.71 bits per heavy atom. The molecule has 0 aliphatic carbocycles. The first-order valence-electron chi connectivity index (χ1n) is 1.92. The van der Waals surface area contributed by atoms with Crippen molar-refractivity contribution in [2.75, 3.05) is 6.67 Å². The van der Waals surface area contributed by atoms with Gasteiger partial charge < -0.3 is 0 Å². The summed E-state index contributed by atoms with van der Waals surface area (Å²) in [6, 6.07) is 0. The van der Waals surface area contributed by atoms with Crippen molar-refractivity contribution in [3.05, 3.63) is 0 Å². The van der Waals surface area contributed by atoms with Gasteiger partial charge in [0.2, 0.25) is 0 Å². The van der Waals surface area contributed by atoms with Crippen LogP contribution in [0.1, 0.15) is 0 Å². The molecule has 0 saturated carbocycles. The SMILES string of the molecule is O=C1C=NCNN1. The van der Waals surface area contributed by atoms with Crippen LogP contribution in [0.25, 0.3) is 0 Å². The van der Waals surface area contributed by atoms with Gasteiger partial charge in [0.1, 0.15) is 6.67 Å². The minimum Gasteiger partial charge on any atom is -0.285 e. The smallest absolute Gasteiger partial charge is 0.276 e. The van der Waals surface area contributed by atoms with E-state index in [4.69, 9.17) is 0 Å². The molecule has 38 valence electrons. The Morgan fingerprint density at radius 3 is 3.00 bits per heavy atom. The van der Waals surface area contributed by atoms with Crippen molar-refractivity contribution in [2.45, 2.75) is 0 Å². The van der Waals surface area contributed by atoms with E-state index in [1.54, 1.807) is 0 Å². The summed E-state index contributed by atoms with van der Waals surface area (Å²) in [6.07, 6.45) is 1.25. The van der Waals surface area contributed by atoms with Crippen LogP contribution >= 0.6 is 0 Å². The van der Waals surface area contributed by atoms with Crippen LogP contribution in [0, 0.1) is 0 Å². The van der Waals surface area contributed by atoms with E-state index in [1.807, 2.05) is 0 Å². The average molecular weight is 99.1 g/mol. The van der Waals surface area contributed by atoms with Gasteiger partial charge in [0, 0.05) is 0 Å². The Bertz CT molecular complexity index is 109. The van der Waals surface area contributed by atoms with E-state index >= 15 is 0 Å². The molecule has 1 aliphatic heterocycles. The van der Waals surface area contributed by atoms with Crippen molar-refractivity contribution in [1.82, 2.24) is 10.9 Å². The molecule has 0 atom stereocenters. The highest BCUT2D eigenvalue weighted by atomic mass is 16.2. The summed E-state index contributed by atoms with van der Waals surface area (Å²) in [5.74, 6) is -0.189. The zero-order chi connectivity index (χ0) is 5.11. The summed E-state index contributed by atoms with van der Waals surface area (Å²) in [5, 5.41) is 0. The summed E-state index contributed by atoms with van der Waals surface area (Å²) in [5.41, 5.74) is 4.88. The van der Waals surface area contributed by atoms with Gasteiger partial charge in [0.25, 0.3) is 5.91 Å². The van der Waals surface area contributed by atoms with Crippen molar-refractivity contribution in [2.24, 2.45) is 4.99 Å². The highest BCUT2D eigenvalue weighted by molar-refractivity contribution is 6.26. The lowest BCUT2D eigenvalue weighted by Gasteiger charge is -2.04. The molecule has 1 rings (SSSR count). The van der Waals surface area contributed by atoms with E-state index in [-0.39, 0.29) is 5.91 Å². The van der Waals surface area contributed by atoms with Crippen LogP contribution in [-0.4, -0.2) is 18.8 Å². The molecular weight excluding hydrogens is 94.1 g/mol. The second kappa shape index (κ2) is 1.70. The van der Waals surface area contributed by atoms with Crippen LogP contribution in [0.4, 0.5) is 0 Å². The van der Waals surface area contributed by atoms with Crippen LogP contribution in [-0.2, 0) is 4.79 Å². The summed E-state index contributed by atoms with van der Waals surface area (Å²) in [4.78, 5) is 13.8. The maximum Gasteiger partial charge on any atom is 0.276 e. The second-order valence-electron chi connectivity index (χ2n) is 1.14. The molecule has 7 heavy (non-hydrogen) atoms. The third-order valence-electron chi connectivity index (χ3n) is 0.590. The van der Waals surface area contributed by atoms with Gasteiger partial charge in [-0.3, -0.25) is 15.2 Å². The maximum atomic E-state index is 10.1. The first kappa shape index (κ1) is 4.26. The molecule has 1 aliphatic rings. The van der Waals surface area contributed by atoms with Crippen LogP contribution in [0.5, 0.6) is 0 Å². The van der Waals surface area contributed by atoms with Crippen LogP contribution in [0.15, 0.2) is 4.99 Å². The minimum atomic E-state index is -0.189. The molecule has 0 aromatic rings. The fourth-order valence-electron chi connectivity index (χ4n) is 0.333. The first-order chi connectivity index (χ1) is 3.39. The van der Waals surface area contributed by atoms with E-state index in [0.29, 0.717) is 6.67 Å². The predicted molar refractivity (Wildman–Crippen MR) is 24.6 cm³/mol. The van der Waals surface area contributed by atoms with Crippen LogP contribution in [0.3, 0.4) is 0 Å². The number of nitrogens with zero attached hydrogens (tertiary/aromatic N) is 1. The molecule has 4 heteroatoms. The van der Waals surface area contributed by atoms with Gasteiger partial charge in [-0.25, -0.2) is 5.43 Å². The molecule has 0 bridgehead atoms. The third-order valence-corrected chi connectivity index (χ3v) is 0.590. The first-order valence-corrected chi connectivity index (χ1v) is 1.92. The van der Waals surface area contributed by atoms with Crippen LogP contribution < -0.4 is 10.9 Å². The predicted octanol–water partition coefficient (Wildman–Crippen LogP) is -1.35. The quantitative estimate of drug-likeness (QED) is 0.394. The monoisotopic (exact) mass is 99.0 g/mol. The molecule has 1 heterocycles. The Labute approximate surface area is 40.6 Å². The van der Waals surface area contributed by atoms with Crippen LogP contribution in [0.2, 0.25) is 0 Å².